The van der Waals surface area contributed by atoms with Crippen LogP contribution < -0.4 is 4.90 Å². The van der Waals surface area contributed by atoms with Crippen molar-refractivity contribution in [1.82, 2.24) is 15.1 Å². The Morgan fingerprint density at radius 2 is 2.17 bits per heavy atom. The average Bonchev–Trinajstić information content (AvgIpc) is 3.03. The maximum Gasteiger partial charge on any atom is 0.259 e. The van der Waals surface area contributed by atoms with Crippen LogP contribution in [0.3, 0.4) is 0 Å². The van der Waals surface area contributed by atoms with Gasteiger partial charge in [-0.25, -0.2) is 4.98 Å². The normalized spacial score (nSPS) is 18.1. The molecular formula is C17H24N4O3. The van der Waals surface area contributed by atoms with Crippen molar-refractivity contribution in [1.29, 1.82) is 0 Å². The lowest BCUT2D eigenvalue weighted by Crippen LogP contribution is -2.38. The zero-order chi connectivity index (χ0) is 16.9. The van der Waals surface area contributed by atoms with E-state index in [0.29, 0.717) is 31.6 Å². The largest absolute Gasteiger partial charge is 0.376 e. The predicted octanol–water partition coefficient (Wildman–Crippen LogP) is 2.18. The molecule has 2 aromatic rings. The molecule has 7 nitrogen and oxygen atoms in total. The van der Waals surface area contributed by atoms with Crippen LogP contribution in [-0.2, 0) is 15.9 Å². The number of nitrogens with zero attached hydrogens (tertiary/aromatic N) is 4. The van der Waals surface area contributed by atoms with Crippen molar-refractivity contribution in [3.8, 4) is 11.5 Å². The Hall–Kier alpha value is -1.99. The monoisotopic (exact) mass is 332 g/mol. The van der Waals surface area contributed by atoms with Crippen molar-refractivity contribution >= 4 is 5.82 Å². The Labute approximate surface area is 142 Å². The van der Waals surface area contributed by atoms with Crippen LogP contribution in [-0.4, -0.2) is 54.6 Å². The first-order valence-electron chi connectivity index (χ1n) is 8.31. The minimum absolute atomic E-state index is 0.0831. The Morgan fingerprint density at radius 3 is 2.83 bits per heavy atom. The van der Waals surface area contributed by atoms with Crippen molar-refractivity contribution in [2.45, 2.75) is 26.4 Å². The molecule has 1 aliphatic heterocycles. The Bertz CT molecular complexity index is 636. The van der Waals surface area contributed by atoms with Gasteiger partial charge in [0.05, 0.1) is 31.5 Å². The van der Waals surface area contributed by atoms with Gasteiger partial charge in [-0.2, -0.15) is 4.98 Å². The summed E-state index contributed by atoms with van der Waals surface area (Å²) in [7, 11) is 1.99. The lowest BCUT2D eigenvalue weighted by atomic mass is 10.1. The number of ether oxygens (including phenoxy) is 2. The summed E-state index contributed by atoms with van der Waals surface area (Å²) in [6.45, 7) is 6.96. The van der Waals surface area contributed by atoms with Gasteiger partial charge in [-0.1, -0.05) is 19.0 Å². The van der Waals surface area contributed by atoms with E-state index < -0.39 is 0 Å². The van der Waals surface area contributed by atoms with Gasteiger partial charge in [0.25, 0.3) is 5.89 Å². The molecule has 0 saturated carbocycles. The first-order valence-corrected chi connectivity index (χ1v) is 8.31. The van der Waals surface area contributed by atoms with E-state index in [2.05, 4.69) is 33.9 Å². The summed E-state index contributed by atoms with van der Waals surface area (Å²) in [6.07, 6.45) is 2.65. The van der Waals surface area contributed by atoms with Crippen LogP contribution in [0.25, 0.3) is 11.5 Å². The van der Waals surface area contributed by atoms with Gasteiger partial charge < -0.3 is 18.9 Å². The molecule has 7 heteroatoms. The molecule has 1 atom stereocenters. The summed E-state index contributed by atoms with van der Waals surface area (Å²) in [4.78, 5) is 11.0. The molecular weight excluding hydrogens is 308 g/mol. The fourth-order valence-corrected chi connectivity index (χ4v) is 2.60. The Balaban J connectivity index is 1.63. The number of rotatable bonds is 6. The van der Waals surface area contributed by atoms with Crippen molar-refractivity contribution in [3.05, 3.63) is 24.2 Å². The van der Waals surface area contributed by atoms with E-state index in [9.17, 15) is 0 Å². The molecule has 1 aliphatic rings. The number of hydrogen-bond acceptors (Lipinski definition) is 7. The molecule has 3 heterocycles. The summed E-state index contributed by atoms with van der Waals surface area (Å²) < 4.78 is 16.4. The van der Waals surface area contributed by atoms with E-state index in [1.54, 1.807) is 6.20 Å². The predicted molar refractivity (Wildman–Crippen MR) is 89.9 cm³/mol. The molecule has 0 unspecified atom stereocenters. The molecule has 1 saturated heterocycles. The van der Waals surface area contributed by atoms with Gasteiger partial charge in [0, 0.05) is 26.2 Å². The fraction of sp³-hybridized carbons (Fsp3) is 0.588. The zero-order valence-electron chi connectivity index (χ0n) is 14.4. The Morgan fingerprint density at radius 1 is 1.29 bits per heavy atom. The minimum Gasteiger partial charge on any atom is -0.376 e. The van der Waals surface area contributed by atoms with Crippen LogP contribution in [0.4, 0.5) is 5.82 Å². The fourth-order valence-electron chi connectivity index (χ4n) is 2.60. The molecule has 1 fully saturated rings. The third kappa shape index (κ3) is 4.30. The number of likely N-dealkylation sites (N-methyl/N-ethyl adjacent to an activating group) is 1. The molecule has 0 bridgehead atoms. The quantitative estimate of drug-likeness (QED) is 0.802. The van der Waals surface area contributed by atoms with Crippen molar-refractivity contribution in [2.24, 2.45) is 5.92 Å². The lowest BCUT2D eigenvalue weighted by molar-refractivity contribution is -0.0837. The molecule has 3 rings (SSSR count). The second-order valence-corrected chi connectivity index (χ2v) is 6.47. The first-order chi connectivity index (χ1) is 11.6. The van der Waals surface area contributed by atoms with Crippen molar-refractivity contribution < 1.29 is 14.0 Å². The van der Waals surface area contributed by atoms with E-state index in [0.717, 1.165) is 30.2 Å². The highest BCUT2D eigenvalue weighted by Crippen LogP contribution is 2.20. The number of anilines is 1. The highest BCUT2D eigenvalue weighted by molar-refractivity contribution is 5.54. The van der Waals surface area contributed by atoms with E-state index in [1.807, 2.05) is 19.2 Å². The summed E-state index contributed by atoms with van der Waals surface area (Å²) in [5.41, 5.74) is 0.826. The lowest BCUT2D eigenvalue weighted by Gasteiger charge is -2.28. The van der Waals surface area contributed by atoms with Gasteiger partial charge in [0.1, 0.15) is 5.82 Å². The van der Waals surface area contributed by atoms with Gasteiger partial charge in [-0.05, 0) is 18.1 Å². The standard InChI is InChI=1S/C17H24N4O3/c1-12(2)8-15-19-17(24-20-15)13-4-5-16(18-9-13)21(3)10-14-11-22-6-7-23-14/h4-5,9,12,14H,6-8,10-11H2,1-3H3/t14-/m1/s1. The molecule has 2 aromatic heterocycles. The SMILES string of the molecule is CC(C)Cc1noc(-c2ccc(N(C)C[C@@H]3COCCO3)nc2)n1. The molecule has 0 N–H and O–H groups in total. The van der Waals surface area contributed by atoms with Crippen LogP contribution in [0.15, 0.2) is 22.9 Å². The van der Waals surface area contributed by atoms with Gasteiger partial charge in [-0.15, -0.1) is 0 Å². The number of hydrogen-bond donors (Lipinski definition) is 0. The van der Waals surface area contributed by atoms with Crippen LogP contribution >= 0.6 is 0 Å². The summed E-state index contributed by atoms with van der Waals surface area (Å²) in [5.74, 6) is 2.61. The summed E-state index contributed by atoms with van der Waals surface area (Å²) in [5, 5.41) is 4.01. The van der Waals surface area contributed by atoms with E-state index in [4.69, 9.17) is 14.0 Å². The van der Waals surface area contributed by atoms with Crippen LogP contribution in [0.2, 0.25) is 0 Å². The molecule has 0 aromatic carbocycles. The van der Waals surface area contributed by atoms with Crippen LogP contribution in [0.1, 0.15) is 19.7 Å². The van der Waals surface area contributed by atoms with Crippen LogP contribution in [0, 0.1) is 5.92 Å². The average molecular weight is 332 g/mol. The van der Waals surface area contributed by atoms with Gasteiger partial charge in [0.2, 0.25) is 0 Å². The van der Waals surface area contributed by atoms with Gasteiger partial charge in [0.15, 0.2) is 5.82 Å². The maximum absolute atomic E-state index is 5.67. The smallest absolute Gasteiger partial charge is 0.259 e. The third-order valence-corrected chi connectivity index (χ3v) is 3.81. The maximum atomic E-state index is 5.67. The van der Waals surface area contributed by atoms with Crippen LogP contribution in [0.5, 0.6) is 0 Å². The summed E-state index contributed by atoms with van der Waals surface area (Å²) in [6, 6.07) is 3.90. The summed E-state index contributed by atoms with van der Waals surface area (Å²) >= 11 is 0. The zero-order valence-corrected chi connectivity index (χ0v) is 14.4. The minimum atomic E-state index is 0.0831. The van der Waals surface area contributed by atoms with Gasteiger partial charge >= 0.3 is 0 Å². The van der Waals surface area contributed by atoms with E-state index in [1.165, 1.54) is 0 Å². The molecule has 0 spiro atoms. The van der Waals surface area contributed by atoms with E-state index >= 15 is 0 Å². The molecule has 0 radical (unpaired) electrons. The van der Waals surface area contributed by atoms with E-state index in [-0.39, 0.29) is 6.10 Å². The highest BCUT2D eigenvalue weighted by Gasteiger charge is 2.17. The molecule has 130 valence electrons. The first kappa shape index (κ1) is 16.9. The highest BCUT2D eigenvalue weighted by atomic mass is 16.6. The number of aromatic nitrogens is 3. The molecule has 0 amide bonds. The topological polar surface area (TPSA) is 73.5 Å². The van der Waals surface area contributed by atoms with Crippen molar-refractivity contribution in [2.75, 3.05) is 38.3 Å². The second-order valence-electron chi connectivity index (χ2n) is 6.47. The number of pyridine rings is 1. The Kier molecular flexibility index (Phi) is 5.42. The third-order valence-electron chi connectivity index (χ3n) is 3.81. The second kappa shape index (κ2) is 7.72. The van der Waals surface area contributed by atoms with Crippen molar-refractivity contribution in [3.63, 3.8) is 0 Å². The molecule has 0 aliphatic carbocycles. The molecule has 24 heavy (non-hydrogen) atoms. The van der Waals surface area contributed by atoms with Gasteiger partial charge in [-0.3, -0.25) is 0 Å².